The van der Waals surface area contributed by atoms with Gasteiger partial charge in [-0.05, 0) is 24.3 Å². The van der Waals surface area contributed by atoms with Crippen LogP contribution in [0.3, 0.4) is 0 Å². The zero-order chi connectivity index (χ0) is 13.9. The topological polar surface area (TPSA) is 55.6 Å². The van der Waals surface area contributed by atoms with Gasteiger partial charge in [0.05, 0.1) is 6.54 Å². The summed E-state index contributed by atoms with van der Waals surface area (Å²) in [5.74, 6) is 0.853. The molecule has 0 fully saturated rings. The minimum atomic E-state index is 0.569. The number of benzene rings is 1. The summed E-state index contributed by atoms with van der Waals surface area (Å²) in [6.45, 7) is 0.716. The highest BCUT2D eigenvalue weighted by Gasteiger charge is 2.04. The van der Waals surface area contributed by atoms with E-state index in [0.717, 1.165) is 22.0 Å². The molecule has 1 aromatic carbocycles. The monoisotopic (exact) mass is 305 g/mol. The summed E-state index contributed by atoms with van der Waals surface area (Å²) in [6.07, 6.45) is 3.48. The van der Waals surface area contributed by atoms with Crippen LogP contribution in [0.15, 0.2) is 36.8 Å². The molecular formula is C13H12ClN5S. The normalized spacial score (nSPS) is 10.7. The van der Waals surface area contributed by atoms with Crippen molar-refractivity contribution in [2.24, 2.45) is 7.05 Å². The minimum Gasteiger partial charge on any atom is -0.380 e. The van der Waals surface area contributed by atoms with E-state index in [2.05, 4.69) is 20.5 Å². The van der Waals surface area contributed by atoms with Gasteiger partial charge in [0.2, 0.25) is 0 Å². The number of nitrogens with one attached hydrogen (secondary N) is 1. The summed E-state index contributed by atoms with van der Waals surface area (Å²) in [5, 5.41) is 11.3. The Bertz CT molecular complexity index is 704. The standard InChI is InChI=1S/C13H12ClN5S/c1-19-8-17-18-12(19)9-2-4-10(5-3-9)15-6-11-7-16-13(14)20-11/h2-5,7-8,15H,6H2,1H3. The fourth-order valence-electron chi connectivity index (χ4n) is 1.84. The van der Waals surface area contributed by atoms with Gasteiger partial charge in [-0.1, -0.05) is 11.6 Å². The largest absolute Gasteiger partial charge is 0.380 e. The third kappa shape index (κ3) is 2.81. The highest BCUT2D eigenvalue weighted by molar-refractivity contribution is 7.15. The molecule has 102 valence electrons. The van der Waals surface area contributed by atoms with Crippen molar-refractivity contribution in [3.63, 3.8) is 0 Å². The van der Waals surface area contributed by atoms with Crippen LogP contribution < -0.4 is 5.32 Å². The summed E-state index contributed by atoms with van der Waals surface area (Å²) in [6, 6.07) is 8.08. The van der Waals surface area contributed by atoms with Crippen LogP contribution in [0.5, 0.6) is 0 Å². The van der Waals surface area contributed by atoms with Gasteiger partial charge in [-0.3, -0.25) is 0 Å². The third-order valence-corrected chi connectivity index (χ3v) is 3.96. The maximum atomic E-state index is 5.80. The van der Waals surface area contributed by atoms with Gasteiger partial charge in [-0.2, -0.15) is 0 Å². The first-order valence-corrected chi connectivity index (χ1v) is 7.20. The van der Waals surface area contributed by atoms with E-state index in [-0.39, 0.29) is 0 Å². The molecule has 0 aliphatic heterocycles. The molecule has 5 nitrogen and oxygen atoms in total. The molecule has 0 aliphatic rings. The molecule has 7 heteroatoms. The molecule has 20 heavy (non-hydrogen) atoms. The fourth-order valence-corrected chi connectivity index (χ4v) is 2.75. The first kappa shape index (κ1) is 13.1. The predicted molar refractivity (Wildman–Crippen MR) is 80.9 cm³/mol. The van der Waals surface area contributed by atoms with Gasteiger partial charge in [-0.25, -0.2) is 4.98 Å². The smallest absolute Gasteiger partial charge is 0.183 e. The van der Waals surface area contributed by atoms with E-state index in [1.807, 2.05) is 35.9 Å². The Morgan fingerprint density at radius 2 is 2.10 bits per heavy atom. The molecule has 3 aromatic rings. The van der Waals surface area contributed by atoms with Gasteiger partial charge in [0.25, 0.3) is 0 Å². The first-order valence-electron chi connectivity index (χ1n) is 6.01. The van der Waals surface area contributed by atoms with Crippen LogP contribution >= 0.6 is 22.9 Å². The number of nitrogens with zero attached hydrogens (tertiary/aromatic N) is 4. The van der Waals surface area contributed by atoms with Crippen molar-refractivity contribution in [1.29, 1.82) is 0 Å². The number of hydrogen-bond donors (Lipinski definition) is 1. The maximum Gasteiger partial charge on any atom is 0.183 e. The molecule has 1 N–H and O–H groups in total. The molecule has 0 atom stereocenters. The minimum absolute atomic E-state index is 0.569. The zero-order valence-corrected chi connectivity index (χ0v) is 12.3. The molecule has 0 spiro atoms. The Hall–Kier alpha value is -1.92. The summed E-state index contributed by atoms with van der Waals surface area (Å²) >= 11 is 7.28. The van der Waals surface area contributed by atoms with Crippen LogP contribution in [0.25, 0.3) is 11.4 Å². The summed E-state index contributed by atoms with van der Waals surface area (Å²) in [5.41, 5.74) is 2.08. The van der Waals surface area contributed by atoms with E-state index < -0.39 is 0 Å². The van der Waals surface area contributed by atoms with E-state index in [9.17, 15) is 0 Å². The van der Waals surface area contributed by atoms with Gasteiger partial charge in [-0.15, -0.1) is 21.5 Å². The van der Waals surface area contributed by atoms with Gasteiger partial charge in [0, 0.05) is 29.4 Å². The van der Waals surface area contributed by atoms with Gasteiger partial charge >= 0.3 is 0 Å². The number of thiazole rings is 1. The lowest BCUT2D eigenvalue weighted by molar-refractivity contribution is 0.920. The molecule has 0 radical (unpaired) electrons. The Kier molecular flexibility index (Phi) is 3.66. The van der Waals surface area contributed by atoms with Crippen LogP contribution in [-0.2, 0) is 13.6 Å². The molecule has 0 bridgehead atoms. The van der Waals surface area contributed by atoms with Crippen LogP contribution in [0, 0.1) is 0 Å². The molecule has 0 amide bonds. The first-order chi connectivity index (χ1) is 9.72. The molecule has 0 saturated heterocycles. The Balaban J connectivity index is 1.69. The highest BCUT2D eigenvalue weighted by atomic mass is 35.5. The number of halogens is 1. The van der Waals surface area contributed by atoms with Crippen molar-refractivity contribution < 1.29 is 0 Å². The second-order valence-corrected chi connectivity index (χ2v) is 5.97. The van der Waals surface area contributed by atoms with Gasteiger partial charge in [0.15, 0.2) is 10.3 Å². The summed E-state index contributed by atoms with van der Waals surface area (Å²) in [7, 11) is 1.93. The van der Waals surface area contributed by atoms with Crippen LogP contribution in [0.1, 0.15) is 4.88 Å². The summed E-state index contributed by atoms with van der Waals surface area (Å²) in [4.78, 5) is 5.12. The van der Waals surface area contributed by atoms with E-state index >= 15 is 0 Å². The second-order valence-electron chi connectivity index (χ2n) is 4.28. The lowest BCUT2D eigenvalue weighted by atomic mass is 10.2. The number of rotatable bonds is 4. The second kappa shape index (κ2) is 5.60. The van der Waals surface area contributed by atoms with Crippen molar-refractivity contribution in [3.05, 3.63) is 46.1 Å². The van der Waals surface area contributed by atoms with Crippen LogP contribution in [0.4, 0.5) is 5.69 Å². The van der Waals surface area contributed by atoms with Crippen molar-refractivity contribution >= 4 is 28.6 Å². The Morgan fingerprint density at radius 1 is 1.30 bits per heavy atom. The zero-order valence-electron chi connectivity index (χ0n) is 10.7. The van der Waals surface area contributed by atoms with Crippen molar-refractivity contribution in [2.75, 3.05) is 5.32 Å². The van der Waals surface area contributed by atoms with Crippen molar-refractivity contribution in [2.45, 2.75) is 6.54 Å². The number of anilines is 1. The molecule has 2 heterocycles. The lowest BCUT2D eigenvalue weighted by Gasteiger charge is -2.06. The molecular weight excluding hydrogens is 294 g/mol. The quantitative estimate of drug-likeness (QED) is 0.804. The molecule has 0 aliphatic carbocycles. The van der Waals surface area contributed by atoms with Gasteiger partial charge < -0.3 is 9.88 Å². The Labute approximate surface area is 125 Å². The fraction of sp³-hybridized carbons (Fsp3) is 0.154. The molecule has 2 aromatic heterocycles. The summed E-state index contributed by atoms with van der Waals surface area (Å²) < 4.78 is 2.46. The van der Waals surface area contributed by atoms with E-state index in [4.69, 9.17) is 11.6 Å². The maximum absolute atomic E-state index is 5.80. The Morgan fingerprint density at radius 3 is 2.70 bits per heavy atom. The SMILES string of the molecule is Cn1cnnc1-c1ccc(NCc2cnc(Cl)s2)cc1. The number of aryl methyl sites for hydroxylation is 1. The van der Waals surface area contributed by atoms with Crippen molar-refractivity contribution in [3.8, 4) is 11.4 Å². The average molecular weight is 306 g/mol. The van der Waals surface area contributed by atoms with Crippen LogP contribution in [0.2, 0.25) is 4.47 Å². The third-order valence-electron chi connectivity index (χ3n) is 2.85. The van der Waals surface area contributed by atoms with E-state index in [1.54, 1.807) is 12.5 Å². The van der Waals surface area contributed by atoms with E-state index in [1.165, 1.54) is 11.3 Å². The lowest BCUT2D eigenvalue weighted by Crippen LogP contribution is -1.97. The average Bonchev–Trinajstić information content (AvgIpc) is 3.06. The number of hydrogen-bond acceptors (Lipinski definition) is 5. The van der Waals surface area contributed by atoms with Crippen molar-refractivity contribution in [1.82, 2.24) is 19.7 Å². The molecule has 0 unspecified atom stereocenters. The van der Waals surface area contributed by atoms with Crippen LogP contribution in [-0.4, -0.2) is 19.7 Å². The van der Waals surface area contributed by atoms with Gasteiger partial charge in [0.1, 0.15) is 6.33 Å². The molecule has 3 rings (SSSR count). The number of aromatic nitrogens is 4. The highest BCUT2D eigenvalue weighted by Crippen LogP contribution is 2.21. The molecule has 0 saturated carbocycles. The predicted octanol–water partition coefficient (Wildman–Crippen LogP) is 3.20. The van der Waals surface area contributed by atoms with E-state index in [0.29, 0.717) is 11.0 Å².